The van der Waals surface area contributed by atoms with E-state index in [-0.39, 0.29) is 24.0 Å². The molecule has 2 nitrogen and oxygen atoms in total. The Morgan fingerprint density at radius 1 is 1.44 bits per heavy atom. The van der Waals surface area contributed by atoms with Gasteiger partial charge in [-0.3, -0.25) is 0 Å². The molecule has 1 fully saturated rings. The molecule has 0 radical (unpaired) electrons. The van der Waals surface area contributed by atoms with Crippen LogP contribution in [0.5, 0.6) is 0 Å². The van der Waals surface area contributed by atoms with E-state index < -0.39 is 0 Å². The zero-order valence-electron chi connectivity index (χ0n) is 5.13. The third-order valence-corrected chi connectivity index (χ3v) is 2.19. The topological polar surface area (TPSA) is 40.5 Å². The molecule has 1 aliphatic carbocycles. The second-order valence-electron chi connectivity index (χ2n) is 2.58. The smallest absolute Gasteiger partial charge is 0.0604 e. The molecule has 3 heteroatoms. The Bertz CT molecular complexity index is 97.1. The molecule has 0 heterocycles. The lowest BCUT2D eigenvalue weighted by Gasteiger charge is -2.08. The van der Waals surface area contributed by atoms with E-state index in [0.717, 1.165) is 6.42 Å². The number of alkyl halides is 1. The summed E-state index contributed by atoms with van der Waals surface area (Å²) in [6, 6.07) is 0. The summed E-state index contributed by atoms with van der Waals surface area (Å²) in [5.41, 5.74) is 0. The first kappa shape index (κ1) is 7.32. The third-order valence-electron chi connectivity index (χ3n) is 1.83. The Kier molecular flexibility index (Phi) is 2.33. The zero-order valence-corrected chi connectivity index (χ0v) is 5.88. The first-order valence-corrected chi connectivity index (χ1v) is 3.60. The van der Waals surface area contributed by atoms with Gasteiger partial charge in [0, 0.05) is 17.9 Å². The fourth-order valence-corrected chi connectivity index (χ4v) is 1.64. The zero-order chi connectivity index (χ0) is 6.85. The number of hydrogen-bond acceptors (Lipinski definition) is 2. The summed E-state index contributed by atoms with van der Waals surface area (Å²) in [6.45, 7) is 0.0599. The number of aliphatic hydroxyl groups is 2. The van der Waals surface area contributed by atoms with Crippen molar-refractivity contribution in [1.29, 1.82) is 0 Å². The summed E-state index contributed by atoms with van der Waals surface area (Å²) in [5.74, 6) is 0.0208. The summed E-state index contributed by atoms with van der Waals surface area (Å²) < 4.78 is 0. The Hall–Kier alpha value is 0.210. The highest BCUT2D eigenvalue weighted by Gasteiger charge is 2.30. The van der Waals surface area contributed by atoms with Gasteiger partial charge in [0.2, 0.25) is 0 Å². The van der Waals surface area contributed by atoms with E-state index in [2.05, 4.69) is 0 Å². The van der Waals surface area contributed by atoms with Crippen LogP contribution in [0.15, 0.2) is 0 Å². The lowest BCUT2D eigenvalue weighted by Crippen LogP contribution is -2.16. The number of hydrogen-bond donors (Lipinski definition) is 2. The van der Waals surface area contributed by atoms with Gasteiger partial charge in [-0.25, -0.2) is 0 Å². The summed E-state index contributed by atoms with van der Waals surface area (Å²) in [6.07, 6.45) is 1.00. The van der Waals surface area contributed by atoms with Gasteiger partial charge in [-0.15, -0.1) is 11.6 Å². The number of aliphatic hydroxyl groups excluding tert-OH is 2. The molecule has 1 saturated carbocycles. The van der Waals surface area contributed by atoms with E-state index in [0.29, 0.717) is 6.42 Å². The van der Waals surface area contributed by atoms with Gasteiger partial charge in [-0.1, -0.05) is 0 Å². The molecule has 0 saturated heterocycles. The van der Waals surface area contributed by atoms with E-state index in [1.54, 1.807) is 0 Å². The van der Waals surface area contributed by atoms with E-state index in [9.17, 15) is 0 Å². The Balaban J connectivity index is 2.38. The molecule has 2 N–H and O–H groups in total. The van der Waals surface area contributed by atoms with E-state index >= 15 is 0 Å². The fourth-order valence-electron chi connectivity index (χ4n) is 1.23. The maximum Gasteiger partial charge on any atom is 0.0604 e. The number of rotatable bonds is 1. The van der Waals surface area contributed by atoms with Crippen LogP contribution in [0.2, 0.25) is 0 Å². The molecule has 1 aliphatic rings. The SMILES string of the molecule is OCC1CC(Cl)CC1O. The highest BCUT2D eigenvalue weighted by atomic mass is 35.5. The van der Waals surface area contributed by atoms with Crippen LogP contribution in [-0.4, -0.2) is 28.3 Å². The van der Waals surface area contributed by atoms with Crippen LogP contribution in [0.4, 0.5) is 0 Å². The van der Waals surface area contributed by atoms with Gasteiger partial charge in [-0.2, -0.15) is 0 Å². The standard InChI is InChI=1S/C6H11ClO2/c7-5-1-4(3-8)6(9)2-5/h4-6,8-9H,1-3H2. The van der Waals surface area contributed by atoms with E-state index in [1.807, 2.05) is 0 Å². The Labute approximate surface area is 59.4 Å². The maximum atomic E-state index is 9.11. The first-order valence-electron chi connectivity index (χ1n) is 3.17. The Morgan fingerprint density at radius 3 is 2.33 bits per heavy atom. The second kappa shape index (κ2) is 2.86. The lowest BCUT2D eigenvalue weighted by molar-refractivity contribution is 0.0909. The van der Waals surface area contributed by atoms with Gasteiger partial charge in [0.25, 0.3) is 0 Å². The molecule has 3 unspecified atom stereocenters. The van der Waals surface area contributed by atoms with Gasteiger partial charge in [0.1, 0.15) is 0 Å². The minimum Gasteiger partial charge on any atom is -0.396 e. The van der Waals surface area contributed by atoms with Crippen LogP contribution in [0.1, 0.15) is 12.8 Å². The molecular weight excluding hydrogens is 140 g/mol. The molecule has 9 heavy (non-hydrogen) atoms. The van der Waals surface area contributed by atoms with Crippen molar-refractivity contribution in [2.24, 2.45) is 5.92 Å². The molecule has 0 amide bonds. The average molecular weight is 151 g/mol. The quantitative estimate of drug-likeness (QED) is 0.530. The van der Waals surface area contributed by atoms with Gasteiger partial charge in [-0.05, 0) is 12.8 Å². The number of halogens is 1. The first-order chi connectivity index (χ1) is 4.24. The van der Waals surface area contributed by atoms with Crippen molar-refractivity contribution in [1.82, 2.24) is 0 Å². The van der Waals surface area contributed by atoms with Crippen molar-refractivity contribution in [3.63, 3.8) is 0 Å². The van der Waals surface area contributed by atoms with Gasteiger partial charge >= 0.3 is 0 Å². The molecule has 0 aromatic heterocycles. The van der Waals surface area contributed by atoms with Gasteiger partial charge < -0.3 is 10.2 Å². The third kappa shape index (κ3) is 1.57. The summed E-state index contributed by atoms with van der Waals surface area (Å²) >= 11 is 5.71. The largest absolute Gasteiger partial charge is 0.396 e. The summed E-state index contributed by atoms with van der Waals surface area (Å²) in [4.78, 5) is 0. The van der Waals surface area contributed by atoms with E-state index in [4.69, 9.17) is 21.8 Å². The fraction of sp³-hybridized carbons (Fsp3) is 1.00. The van der Waals surface area contributed by atoms with Crippen LogP contribution in [-0.2, 0) is 0 Å². The van der Waals surface area contributed by atoms with Crippen molar-refractivity contribution in [3.8, 4) is 0 Å². The molecule has 1 rings (SSSR count). The molecule has 54 valence electrons. The highest BCUT2D eigenvalue weighted by Crippen LogP contribution is 2.29. The predicted octanol–water partition coefficient (Wildman–Crippen LogP) is 0.357. The average Bonchev–Trinajstić information content (AvgIpc) is 2.10. The molecule has 0 spiro atoms. The van der Waals surface area contributed by atoms with Gasteiger partial charge in [0.15, 0.2) is 0 Å². The van der Waals surface area contributed by atoms with Crippen molar-refractivity contribution in [2.45, 2.75) is 24.3 Å². The highest BCUT2D eigenvalue weighted by molar-refractivity contribution is 6.20. The molecular formula is C6H11ClO2. The lowest BCUT2D eigenvalue weighted by atomic mass is 10.1. The van der Waals surface area contributed by atoms with Crippen LogP contribution < -0.4 is 0 Å². The second-order valence-corrected chi connectivity index (χ2v) is 3.20. The normalized spacial score (nSPS) is 43.7. The Morgan fingerprint density at radius 2 is 2.11 bits per heavy atom. The maximum absolute atomic E-state index is 9.11. The van der Waals surface area contributed by atoms with Gasteiger partial charge in [0.05, 0.1) is 6.10 Å². The summed E-state index contributed by atoms with van der Waals surface area (Å²) in [7, 11) is 0. The van der Waals surface area contributed by atoms with Crippen molar-refractivity contribution in [2.75, 3.05) is 6.61 Å². The van der Waals surface area contributed by atoms with Crippen LogP contribution in [0.25, 0.3) is 0 Å². The molecule has 0 aromatic carbocycles. The minimum atomic E-state index is -0.377. The van der Waals surface area contributed by atoms with Crippen molar-refractivity contribution >= 4 is 11.6 Å². The van der Waals surface area contributed by atoms with E-state index in [1.165, 1.54) is 0 Å². The molecule has 0 aliphatic heterocycles. The van der Waals surface area contributed by atoms with Crippen LogP contribution in [0, 0.1) is 5.92 Å². The van der Waals surface area contributed by atoms with Crippen molar-refractivity contribution in [3.05, 3.63) is 0 Å². The summed E-state index contributed by atoms with van der Waals surface area (Å²) in [5, 5.41) is 17.8. The van der Waals surface area contributed by atoms with Crippen molar-refractivity contribution < 1.29 is 10.2 Å². The molecule has 0 aromatic rings. The molecule has 0 bridgehead atoms. The predicted molar refractivity (Wildman–Crippen MR) is 35.5 cm³/mol. The monoisotopic (exact) mass is 150 g/mol. The minimum absolute atomic E-state index is 0.0208. The molecule has 3 atom stereocenters. The van der Waals surface area contributed by atoms with Crippen LogP contribution >= 0.6 is 11.6 Å². The van der Waals surface area contributed by atoms with Crippen LogP contribution in [0.3, 0.4) is 0 Å².